The van der Waals surface area contributed by atoms with E-state index in [1.54, 1.807) is 20.8 Å². The van der Waals surface area contributed by atoms with Crippen molar-refractivity contribution in [3.8, 4) is 0 Å². The maximum absolute atomic E-state index is 11.3. The molecule has 1 fully saturated rings. The number of nitrogens with zero attached hydrogens (tertiary/aromatic N) is 3. The SMILES string of the molecule is CC(O/N=[N+](\[O-])N1CC(O)C1)OC(=O)OC(C)(C)C. The molecule has 0 aromatic carbocycles. The van der Waals surface area contributed by atoms with Crippen LogP contribution in [0.2, 0.25) is 0 Å². The molecule has 0 aromatic heterocycles. The third-order valence-corrected chi connectivity index (χ3v) is 2.00. The minimum absolute atomic E-state index is 0.192. The first kappa shape index (κ1) is 15.3. The number of aliphatic hydroxyl groups excluding tert-OH is 1. The van der Waals surface area contributed by atoms with Crippen molar-refractivity contribution in [3.05, 3.63) is 5.21 Å². The molecule has 0 bridgehead atoms. The molecule has 9 heteroatoms. The Kier molecular flexibility index (Phi) is 4.76. The van der Waals surface area contributed by atoms with Crippen LogP contribution < -0.4 is 0 Å². The third kappa shape index (κ3) is 5.60. The van der Waals surface area contributed by atoms with Crippen molar-refractivity contribution in [1.82, 2.24) is 5.01 Å². The number of rotatable bonds is 4. The number of aliphatic hydroxyl groups is 1. The highest BCUT2D eigenvalue weighted by Crippen LogP contribution is 2.10. The van der Waals surface area contributed by atoms with Gasteiger partial charge in [0.15, 0.2) is 0 Å². The summed E-state index contributed by atoms with van der Waals surface area (Å²) in [4.78, 5) is 16.1. The summed E-state index contributed by atoms with van der Waals surface area (Å²) in [6.07, 6.45) is -2.49. The highest BCUT2D eigenvalue weighted by atomic mass is 16.8. The van der Waals surface area contributed by atoms with Gasteiger partial charge in [-0.05, 0) is 20.8 Å². The Morgan fingerprint density at radius 2 is 2.11 bits per heavy atom. The highest BCUT2D eigenvalue weighted by molar-refractivity contribution is 5.60. The fourth-order valence-electron chi connectivity index (χ4n) is 1.16. The maximum atomic E-state index is 11.3. The van der Waals surface area contributed by atoms with Crippen molar-refractivity contribution in [1.29, 1.82) is 0 Å². The molecule has 0 spiro atoms. The topological polar surface area (TPSA) is 107 Å². The molecule has 0 radical (unpaired) electrons. The number of hydrogen-bond acceptors (Lipinski definition) is 7. The molecular formula is C10H19N3O6. The van der Waals surface area contributed by atoms with Crippen LogP contribution in [0.1, 0.15) is 27.7 Å². The zero-order valence-corrected chi connectivity index (χ0v) is 11.4. The van der Waals surface area contributed by atoms with Crippen LogP contribution in [0, 0.1) is 5.21 Å². The van der Waals surface area contributed by atoms with Gasteiger partial charge >= 0.3 is 6.16 Å². The van der Waals surface area contributed by atoms with Crippen LogP contribution in [0.15, 0.2) is 5.28 Å². The first-order valence-electron chi connectivity index (χ1n) is 5.84. The average molecular weight is 277 g/mol. The van der Waals surface area contributed by atoms with Gasteiger partial charge in [-0.2, -0.15) is 0 Å². The van der Waals surface area contributed by atoms with Crippen LogP contribution in [-0.4, -0.2) is 52.3 Å². The van der Waals surface area contributed by atoms with Crippen molar-refractivity contribution in [3.63, 3.8) is 0 Å². The standard InChI is InChI=1S/C10H19N3O6/c1-7(17-9(15)18-10(2,3)4)19-11-13(16)12-5-8(14)6-12/h7-8,14H,5-6H2,1-4H3/b13-11-. The summed E-state index contributed by atoms with van der Waals surface area (Å²) < 4.78 is 9.61. The summed E-state index contributed by atoms with van der Waals surface area (Å²) in [7, 11) is 0. The molecule has 1 aliphatic rings. The molecule has 19 heavy (non-hydrogen) atoms. The van der Waals surface area contributed by atoms with E-state index < -0.39 is 24.2 Å². The Morgan fingerprint density at radius 1 is 1.53 bits per heavy atom. The highest BCUT2D eigenvalue weighted by Gasteiger charge is 2.31. The van der Waals surface area contributed by atoms with Gasteiger partial charge < -0.3 is 19.8 Å². The summed E-state index contributed by atoms with van der Waals surface area (Å²) >= 11 is 0. The molecule has 1 saturated heterocycles. The lowest BCUT2D eigenvalue weighted by atomic mass is 10.2. The average Bonchev–Trinajstić information content (AvgIpc) is 2.18. The molecule has 0 saturated carbocycles. The van der Waals surface area contributed by atoms with Gasteiger partial charge in [-0.3, -0.25) is 4.84 Å². The Morgan fingerprint density at radius 3 is 2.58 bits per heavy atom. The van der Waals surface area contributed by atoms with E-state index in [9.17, 15) is 10.0 Å². The van der Waals surface area contributed by atoms with Crippen molar-refractivity contribution < 1.29 is 29.2 Å². The van der Waals surface area contributed by atoms with E-state index in [2.05, 4.69) is 10.1 Å². The maximum Gasteiger partial charge on any atom is 0.511 e. The Balaban J connectivity index is 2.29. The van der Waals surface area contributed by atoms with E-state index >= 15 is 0 Å². The van der Waals surface area contributed by atoms with Gasteiger partial charge in [-0.15, -0.1) is 5.01 Å². The molecule has 1 N–H and O–H groups in total. The van der Waals surface area contributed by atoms with Gasteiger partial charge in [-0.25, -0.2) is 4.79 Å². The Labute approximate surface area is 110 Å². The predicted molar refractivity (Wildman–Crippen MR) is 61.5 cm³/mol. The fourth-order valence-corrected chi connectivity index (χ4v) is 1.16. The van der Waals surface area contributed by atoms with Crippen molar-refractivity contribution in [2.24, 2.45) is 5.28 Å². The van der Waals surface area contributed by atoms with Gasteiger partial charge in [0.2, 0.25) is 5.28 Å². The van der Waals surface area contributed by atoms with Crippen LogP contribution in [-0.2, 0) is 14.3 Å². The summed E-state index contributed by atoms with van der Waals surface area (Å²) in [5.74, 6) is 0. The second-order valence-corrected chi connectivity index (χ2v) is 5.12. The zero-order valence-electron chi connectivity index (χ0n) is 11.4. The van der Waals surface area contributed by atoms with Crippen LogP contribution in [0.3, 0.4) is 0 Å². The number of carbonyl (C=O) groups is 1. The van der Waals surface area contributed by atoms with Gasteiger partial charge in [0.1, 0.15) is 24.8 Å². The third-order valence-electron chi connectivity index (χ3n) is 2.00. The second-order valence-electron chi connectivity index (χ2n) is 5.12. The number of hydrogen-bond donors (Lipinski definition) is 1. The predicted octanol–water partition coefficient (Wildman–Crippen LogP) is 0.770. The molecule has 1 unspecified atom stereocenters. The quantitative estimate of drug-likeness (QED) is 0.266. The van der Waals surface area contributed by atoms with Crippen molar-refractivity contribution >= 4 is 6.16 Å². The number of hydrazine groups is 1. The minimum atomic E-state index is -1.06. The molecule has 9 nitrogen and oxygen atoms in total. The molecule has 110 valence electrons. The number of carbonyl (C=O) groups excluding carboxylic acids is 1. The largest absolute Gasteiger partial charge is 0.569 e. The van der Waals surface area contributed by atoms with E-state index in [0.717, 1.165) is 0 Å². The monoisotopic (exact) mass is 277 g/mol. The van der Waals surface area contributed by atoms with E-state index in [-0.39, 0.29) is 18.1 Å². The molecule has 0 amide bonds. The lowest BCUT2D eigenvalue weighted by Crippen LogP contribution is -2.53. The molecular weight excluding hydrogens is 258 g/mol. The summed E-state index contributed by atoms with van der Waals surface area (Å²) in [5, 5.41) is 24.7. The molecule has 1 atom stereocenters. The van der Waals surface area contributed by atoms with E-state index in [1.807, 2.05) is 0 Å². The normalized spacial score (nSPS) is 18.6. The molecule has 1 heterocycles. The number of ether oxygens (including phenoxy) is 2. The van der Waals surface area contributed by atoms with Gasteiger partial charge in [0, 0.05) is 6.92 Å². The number of β-amino-alcohol motifs (C(OH)–C–C–N with tert-alkyl or cyclic N) is 1. The summed E-state index contributed by atoms with van der Waals surface area (Å²) in [6.45, 7) is 6.86. The Hall–Kier alpha value is -1.77. The van der Waals surface area contributed by atoms with Gasteiger partial charge in [0.05, 0.1) is 4.97 Å². The van der Waals surface area contributed by atoms with Crippen LogP contribution >= 0.6 is 0 Å². The second kappa shape index (κ2) is 5.91. The van der Waals surface area contributed by atoms with Crippen LogP contribution in [0.25, 0.3) is 0 Å². The first-order valence-corrected chi connectivity index (χ1v) is 5.84. The van der Waals surface area contributed by atoms with Crippen molar-refractivity contribution in [2.75, 3.05) is 13.1 Å². The molecule has 0 aromatic rings. The molecule has 1 rings (SSSR count). The fraction of sp³-hybridized carbons (Fsp3) is 0.900. The summed E-state index contributed by atoms with van der Waals surface area (Å²) in [6, 6.07) is 0. The van der Waals surface area contributed by atoms with Gasteiger partial charge in [0.25, 0.3) is 6.29 Å². The minimum Gasteiger partial charge on any atom is -0.569 e. The lowest BCUT2D eigenvalue weighted by molar-refractivity contribution is -0.728. The van der Waals surface area contributed by atoms with E-state index in [0.29, 0.717) is 0 Å². The molecule has 0 aliphatic carbocycles. The van der Waals surface area contributed by atoms with Gasteiger partial charge in [-0.1, -0.05) is 0 Å². The first-order chi connectivity index (χ1) is 8.67. The van der Waals surface area contributed by atoms with Crippen LogP contribution in [0.5, 0.6) is 0 Å². The van der Waals surface area contributed by atoms with Crippen LogP contribution in [0.4, 0.5) is 4.79 Å². The van der Waals surface area contributed by atoms with E-state index in [4.69, 9.17) is 14.6 Å². The Bertz CT molecular complexity index is 348. The smallest absolute Gasteiger partial charge is 0.511 e. The lowest BCUT2D eigenvalue weighted by Gasteiger charge is -2.30. The molecule has 1 aliphatic heterocycles. The zero-order chi connectivity index (χ0) is 14.6. The van der Waals surface area contributed by atoms with E-state index in [1.165, 1.54) is 11.9 Å². The summed E-state index contributed by atoms with van der Waals surface area (Å²) in [5.41, 5.74) is -0.674. The van der Waals surface area contributed by atoms with Crippen molar-refractivity contribution in [2.45, 2.75) is 45.7 Å².